The van der Waals surface area contributed by atoms with Crippen molar-refractivity contribution in [3.8, 4) is 23.3 Å². The van der Waals surface area contributed by atoms with Gasteiger partial charge in [0.05, 0.1) is 31.2 Å². The predicted octanol–water partition coefficient (Wildman–Crippen LogP) is 9.27. The first kappa shape index (κ1) is 49.6. The molecular weight excluding hydrogens is 895 g/mol. The summed E-state index contributed by atoms with van der Waals surface area (Å²) in [5.41, 5.74) is 3.46. The van der Waals surface area contributed by atoms with Gasteiger partial charge in [0.1, 0.15) is 29.0 Å². The van der Waals surface area contributed by atoms with Crippen LogP contribution in [0, 0.1) is 35.5 Å². The van der Waals surface area contributed by atoms with Crippen molar-refractivity contribution in [2.24, 2.45) is 23.7 Å². The number of fused-ring (bicyclic) bond motifs is 8. The van der Waals surface area contributed by atoms with Crippen LogP contribution in [0.5, 0.6) is 11.5 Å². The molecule has 1 spiro atoms. The number of hydrogen-bond donors (Lipinski definition) is 6. The van der Waals surface area contributed by atoms with Gasteiger partial charge in [0.15, 0.2) is 0 Å². The molecule has 7 aliphatic rings. The molecule has 0 aromatic heterocycles. The van der Waals surface area contributed by atoms with Crippen LogP contribution in [-0.2, 0) is 44.0 Å². The molecule has 3 aromatic rings. The lowest BCUT2D eigenvalue weighted by atomic mass is 9.53. The third-order valence-electron chi connectivity index (χ3n) is 18.2. The van der Waals surface area contributed by atoms with Crippen LogP contribution in [0.15, 0.2) is 60.2 Å². The van der Waals surface area contributed by atoms with Crippen molar-refractivity contribution in [1.82, 2.24) is 0 Å². The summed E-state index contributed by atoms with van der Waals surface area (Å²) in [7, 11) is 0. The number of phenolic OH excluding ortho intramolecular Hbond substituents is 1. The van der Waals surface area contributed by atoms with Crippen molar-refractivity contribution < 1.29 is 49.4 Å². The second-order valence-corrected chi connectivity index (χ2v) is 22.5. The van der Waals surface area contributed by atoms with Crippen LogP contribution in [0.25, 0.3) is 0 Å². The van der Waals surface area contributed by atoms with Crippen LogP contribution in [0.3, 0.4) is 0 Å². The minimum Gasteiger partial charge on any atom is -0.507 e. The fourth-order valence-corrected chi connectivity index (χ4v) is 14.6. The second kappa shape index (κ2) is 20.5. The van der Waals surface area contributed by atoms with Crippen LogP contribution < -0.4 is 10.1 Å². The molecule has 71 heavy (non-hydrogen) atoms. The summed E-state index contributed by atoms with van der Waals surface area (Å²) in [4.78, 5) is 43.9. The fraction of sp³-hybridized carbons (Fsp3) is 0.583. The number of aliphatic hydroxyl groups is 4. The van der Waals surface area contributed by atoms with Gasteiger partial charge >= 0.3 is 11.9 Å². The number of ether oxygens (including phenoxy) is 2. The molecule has 4 saturated carbocycles. The maximum absolute atomic E-state index is 15.8. The highest BCUT2D eigenvalue weighted by Crippen LogP contribution is 2.56. The number of aromatic hydroxyl groups is 1. The van der Waals surface area contributed by atoms with Gasteiger partial charge in [-0.05, 0) is 140 Å². The fourth-order valence-electron chi connectivity index (χ4n) is 14.6. The average Bonchev–Trinajstić information content (AvgIpc) is 3.38. The number of Topliss-reactive ketones (excluding diaryl/α,β-unsaturated/α-hetero) is 1. The zero-order valence-corrected chi connectivity index (χ0v) is 41.6. The number of rotatable bonds is 7. The lowest BCUT2D eigenvalue weighted by Crippen LogP contribution is -2.63. The van der Waals surface area contributed by atoms with E-state index in [0.29, 0.717) is 84.2 Å². The highest BCUT2D eigenvalue weighted by atomic mass is 16.6. The van der Waals surface area contributed by atoms with E-state index in [0.717, 1.165) is 68.9 Å². The van der Waals surface area contributed by atoms with E-state index in [9.17, 15) is 35.1 Å². The van der Waals surface area contributed by atoms with E-state index >= 15 is 4.79 Å². The number of ketones is 1. The number of aliphatic hydroxyl groups excluding tert-OH is 3. The van der Waals surface area contributed by atoms with E-state index in [1.54, 1.807) is 13.0 Å². The Morgan fingerprint density at radius 3 is 2.41 bits per heavy atom. The maximum Gasteiger partial charge on any atom is 0.334 e. The first-order chi connectivity index (χ1) is 34.3. The topological polar surface area (TPSA) is 183 Å². The summed E-state index contributed by atoms with van der Waals surface area (Å²) >= 11 is 0. The number of benzene rings is 3. The van der Waals surface area contributed by atoms with E-state index in [4.69, 9.17) is 9.47 Å². The third kappa shape index (κ3) is 9.48. The monoisotopic (exact) mass is 968 g/mol. The third-order valence-corrected chi connectivity index (χ3v) is 18.2. The van der Waals surface area contributed by atoms with Crippen LogP contribution in [0.2, 0.25) is 0 Å². The summed E-state index contributed by atoms with van der Waals surface area (Å²) in [5.74, 6) is 3.68. The van der Waals surface area contributed by atoms with E-state index < -0.39 is 59.0 Å². The van der Waals surface area contributed by atoms with Crippen molar-refractivity contribution in [2.75, 3.05) is 11.9 Å². The van der Waals surface area contributed by atoms with Gasteiger partial charge in [-0.1, -0.05) is 94.0 Å². The molecule has 10 bridgehead atoms. The highest BCUT2D eigenvalue weighted by molar-refractivity contribution is 5.89. The molecule has 0 amide bonds. The Kier molecular flexibility index (Phi) is 14.3. The van der Waals surface area contributed by atoms with Gasteiger partial charge in [-0.2, -0.15) is 0 Å². The number of nitrogens with one attached hydrogen (secondary N) is 1. The smallest absolute Gasteiger partial charge is 0.334 e. The van der Waals surface area contributed by atoms with Gasteiger partial charge in [0.25, 0.3) is 0 Å². The second-order valence-electron chi connectivity index (χ2n) is 22.5. The van der Waals surface area contributed by atoms with Crippen molar-refractivity contribution in [3.63, 3.8) is 0 Å². The van der Waals surface area contributed by atoms with Crippen molar-refractivity contribution >= 4 is 23.4 Å². The zero-order valence-electron chi connectivity index (χ0n) is 41.6. The predicted molar refractivity (Wildman–Crippen MR) is 270 cm³/mol. The number of esters is 2. The van der Waals surface area contributed by atoms with Crippen LogP contribution >= 0.6 is 0 Å². The number of hydrogen-bond acceptors (Lipinski definition) is 11. The number of anilines is 1. The highest BCUT2D eigenvalue weighted by Gasteiger charge is 2.59. The molecular formula is C60H73NO10. The van der Waals surface area contributed by atoms with E-state index in [-0.39, 0.29) is 73.2 Å². The number of carbonyl (C=O) groups excluding carboxylic acids is 3. The Morgan fingerprint density at radius 1 is 0.873 bits per heavy atom. The summed E-state index contributed by atoms with van der Waals surface area (Å²) in [6.45, 7) is 3.71. The van der Waals surface area contributed by atoms with E-state index in [2.05, 4.69) is 42.3 Å². The standard InChI is InChI=1S/C60H73NO10/c1-3-44-17-18-47-49-26-36-11-10-14-45(24-36)59(21-8-5-9-22-59)52(65)30-43-27-39(41-23-37(34-62)25-46(28-41)61-33-35(2)63)15-16-40-32-54(66)71-57-48(40)29-42(56(67)55(57)38-12-6-4-7-13-38)31-53(70-58(43)68)60(44,69)50(47)19-20-51(49)64/h10-11,14,23-25,28-30,35,38-40,44,47,49-50,52-53,61-63,65,67,69H,3-9,12-13,17-22,26-27,31-34H2,1-2H3/b43-30-/t35-,39+,40-,44+,47-,49-,50-,52+,53+,60-/m0/s1. The molecule has 3 heterocycles. The quantitative estimate of drug-likeness (QED) is 0.0754. The zero-order chi connectivity index (χ0) is 49.6. The first-order valence-corrected chi connectivity index (χ1v) is 27.0. The molecule has 11 nitrogen and oxygen atoms in total. The minimum atomic E-state index is -1.61. The first-order valence-electron chi connectivity index (χ1n) is 27.0. The Balaban J connectivity index is 1.24. The van der Waals surface area contributed by atoms with Crippen LogP contribution in [0.1, 0.15) is 180 Å². The van der Waals surface area contributed by atoms with Gasteiger partial charge < -0.3 is 40.3 Å². The van der Waals surface area contributed by atoms with Gasteiger partial charge in [-0.3, -0.25) is 9.59 Å². The van der Waals surface area contributed by atoms with Crippen molar-refractivity contribution in [2.45, 2.75) is 190 Å². The molecule has 4 aliphatic carbocycles. The normalized spacial score (nSPS) is 31.9. The molecule has 10 rings (SSSR count). The van der Waals surface area contributed by atoms with E-state index in [1.165, 1.54) is 0 Å². The Hall–Kier alpha value is -4.99. The Bertz CT molecular complexity index is 2610. The lowest BCUT2D eigenvalue weighted by molar-refractivity contribution is -0.212. The number of phenols is 1. The van der Waals surface area contributed by atoms with Gasteiger partial charge in [-0.15, -0.1) is 0 Å². The van der Waals surface area contributed by atoms with Crippen molar-refractivity contribution in [1.29, 1.82) is 0 Å². The summed E-state index contributed by atoms with van der Waals surface area (Å²) in [5, 5.41) is 63.9. The van der Waals surface area contributed by atoms with Gasteiger partial charge in [0, 0.05) is 59.0 Å². The lowest BCUT2D eigenvalue weighted by Gasteiger charge is -2.56. The van der Waals surface area contributed by atoms with Gasteiger partial charge in [0.2, 0.25) is 0 Å². The maximum atomic E-state index is 15.8. The van der Waals surface area contributed by atoms with Crippen LogP contribution in [0.4, 0.5) is 5.69 Å². The van der Waals surface area contributed by atoms with Gasteiger partial charge in [-0.25, -0.2) is 4.79 Å². The SMILES string of the molecule is CC[C@@H]1CC[C@H]2[C@@H]3Cc4cccc(c4)C4(CCCCC4)[C@H](O)/C=C4/C[C@H](c5cc(CO)cc(NC[C@H](C)O)c5)C#C[C@H]5CC(=O)Oc6c5cc(c(O)c6C5CCCCC5)C[C@@H](OC4=O)[C@@]1(O)[C@H]2CCC3=O. The molecule has 3 aromatic carbocycles. The summed E-state index contributed by atoms with van der Waals surface area (Å²) in [6, 6.07) is 15.8. The van der Waals surface area contributed by atoms with Crippen LogP contribution in [-0.4, -0.2) is 73.7 Å². The van der Waals surface area contributed by atoms with E-state index in [1.807, 2.05) is 30.3 Å². The largest absolute Gasteiger partial charge is 0.507 e. The molecule has 4 fully saturated rings. The molecule has 11 heteroatoms. The Morgan fingerprint density at radius 2 is 1.65 bits per heavy atom. The van der Waals surface area contributed by atoms with Crippen molar-refractivity contribution in [3.05, 3.63) is 99.1 Å². The number of carbonyl (C=O) groups is 3. The molecule has 0 unspecified atom stereocenters. The average molecular weight is 968 g/mol. The molecule has 0 radical (unpaired) electrons. The summed E-state index contributed by atoms with van der Waals surface area (Å²) in [6.07, 6.45) is 10.5. The Labute approximate surface area is 418 Å². The minimum absolute atomic E-state index is 0.0137. The molecule has 3 aliphatic heterocycles. The summed E-state index contributed by atoms with van der Waals surface area (Å²) < 4.78 is 13.2. The molecule has 6 N–H and O–H groups in total. The molecule has 378 valence electrons. The molecule has 10 atom stereocenters. The molecule has 0 saturated heterocycles.